The van der Waals surface area contributed by atoms with Gasteiger partial charge in [-0.3, -0.25) is 9.69 Å². The Morgan fingerprint density at radius 3 is 2.70 bits per heavy atom. The molecule has 2 rings (SSSR count). The monoisotopic (exact) mass is 319 g/mol. The minimum atomic E-state index is -0.664. The van der Waals surface area contributed by atoms with Gasteiger partial charge in [0, 0.05) is 18.6 Å². The molecule has 0 unspecified atom stereocenters. The van der Waals surface area contributed by atoms with E-state index in [-0.39, 0.29) is 13.2 Å². The number of nitrogens with zero attached hydrogens (tertiary/aromatic N) is 3. The topological polar surface area (TPSA) is 73.1 Å². The van der Waals surface area contributed by atoms with Crippen molar-refractivity contribution < 1.29 is 19.1 Å². The maximum absolute atomic E-state index is 12.4. The molecule has 0 aliphatic carbocycles. The number of amides is 1. The minimum absolute atomic E-state index is 0.219. The summed E-state index contributed by atoms with van der Waals surface area (Å²) in [4.78, 5) is 29.7. The molecular formula is C16H21N3O4. The van der Waals surface area contributed by atoms with Gasteiger partial charge in [0.25, 0.3) is 0 Å². The van der Waals surface area contributed by atoms with Crippen LogP contribution in [0.25, 0.3) is 5.65 Å². The lowest BCUT2D eigenvalue weighted by Crippen LogP contribution is -2.40. The molecule has 23 heavy (non-hydrogen) atoms. The predicted molar refractivity (Wildman–Crippen MR) is 85.4 cm³/mol. The second-order valence-electron chi connectivity index (χ2n) is 5.95. The van der Waals surface area contributed by atoms with Crippen LogP contribution in [0.3, 0.4) is 0 Å². The van der Waals surface area contributed by atoms with Crippen molar-refractivity contribution >= 4 is 23.4 Å². The lowest BCUT2D eigenvalue weighted by molar-refractivity contribution is -0.141. The number of hydrogen-bond acceptors (Lipinski definition) is 5. The van der Waals surface area contributed by atoms with Gasteiger partial charge in [-0.2, -0.15) is 0 Å². The Morgan fingerprint density at radius 1 is 1.30 bits per heavy atom. The zero-order chi connectivity index (χ0) is 17.0. The molecule has 7 heteroatoms. The lowest BCUT2D eigenvalue weighted by Gasteiger charge is -2.26. The molecule has 0 atom stereocenters. The zero-order valence-electron chi connectivity index (χ0n) is 13.8. The fourth-order valence-corrected chi connectivity index (χ4v) is 1.98. The Bertz CT molecular complexity index is 703. The normalized spacial score (nSPS) is 11.3. The maximum atomic E-state index is 12.4. The fraction of sp³-hybridized carbons (Fsp3) is 0.438. The number of anilines is 1. The van der Waals surface area contributed by atoms with E-state index in [1.165, 1.54) is 4.90 Å². The number of imidazole rings is 1. The summed E-state index contributed by atoms with van der Waals surface area (Å²) in [7, 11) is 0. The first-order valence-electron chi connectivity index (χ1n) is 7.39. The number of fused-ring (bicyclic) bond motifs is 1. The number of carbonyl (C=O) groups excluding carboxylic acids is 2. The SMILES string of the molecule is CCOC(=O)CN(C(=O)OC(C)(C)C)c1ccc2nccn2c1. The molecule has 0 aromatic carbocycles. The van der Waals surface area contributed by atoms with E-state index in [1.54, 1.807) is 62.8 Å². The van der Waals surface area contributed by atoms with Crippen LogP contribution in [0.4, 0.5) is 10.5 Å². The number of esters is 1. The van der Waals surface area contributed by atoms with E-state index in [1.807, 2.05) is 0 Å². The van der Waals surface area contributed by atoms with Crippen LogP contribution in [-0.4, -0.2) is 40.2 Å². The second kappa shape index (κ2) is 6.68. The first kappa shape index (κ1) is 16.8. The predicted octanol–water partition coefficient (Wildman–Crippen LogP) is 2.64. The fourth-order valence-electron chi connectivity index (χ4n) is 1.98. The summed E-state index contributed by atoms with van der Waals surface area (Å²) >= 11 is 0. The molecule has 0 radical (unpaired) electrons. The number of aromatic nitrogens is 2. The second-order valence-corrected chi connectivity index (χ2v) is 5.95. The Kier molecular flexibility index (Phi) is 4.88. The highest BCUT2D eigenvalue weighted by atomic mass is 16.6. The van der Waals surface area contributed by atoms with Crippen molar-refractivity contribution in [2.24, 2.45) is 0 Å². The van der Waals surface area contributed by atoms with Gasteiger partial charge in [-0.25, -0.2) is 9.78 Å². The molecule has 2 aromatic heterocycles. The number of pyridine rings is 1. The van der Waals surface area contributed by atoms with Crippen LogP contribution >= 0.6 is 0 Å². The first-order valence-corrected chi connectivity index (χ1v) is 7.39. The van der Waals surface area contributed by atoms with Crippen LogP contribution in [-0.2, 0) is 14.3 Å². The van der Waals surface area contributed by atoms with E-state index in [9.17, 15) is 9.59 Å². The molecule has 0 saturated carbocycles. The van der Waals surface area contributed by atoms with Crippen molar-refractivity contribution in [1.29, 1.82) is 0 Å². The van der Waals surface area contributed by atoms with Crippen LogP contribution in [0.15, 0.2) is 30.7 Å². The summed E-state index contributed by atoms with van der Waals surface area (Å²) in [6, 6.07) is 3.48. The minimum Gasteiger partial charge on any atom is -0.465 e. The largest absolute Gasteiger partial charge is 0.465 e. The summed E-state index contributed by atoms with van der Waals surface area (Å²) in [6.45, 7) is 7.06. The highest BCUT2D eigenvalue weighted by Crippen LogP contribution is 2.19. The molecule has 7 nitrogen and oxygen atoms in total. The molecule has 0 N–H and O–H groups in total. The van der Waals surface area contributed by atoms with E-state index in [4.69, 9.17) is 9.47 Å². The quantitative estimate of drug-likeness (QED) is 0.810. The Balaban J connectivity index is 2.30. The zero-order valence-corrected chi connectivity index (χ0v) is 13.8. The van der Waals surface area contributed by atoms with Gasteiger partial charge in [0.2, 0.25) is 0 Å². The van der Waals surface area contributed by atoms with Crippen LogP contribution in [0.2, 0.25) is 0 Å². The van der Waals surface area contributed by atoms with Crippen molar-refractivity contribution in [3.05, 3.63) is 30.7 Å². The molecule has 0 aliphatic rings. The average Bonchev–Trinajstić information content (AvgIpc) is 2.90. The molecule has 0 spiro atoms. The average molecular weight is 319 g/mol. The smallest absolute Gasteiger partial charge is 0.415 e. The Hall–Kier alpha value is -2.57. The van der Waals surface area contributed by atoms with Crippen LogP contribution < -0.4 is 4.90 Å². The van der Waals surface area contributed by atoms with Crippen molar-refractivity contribution in [1.82, 2.24) is 9.38 Å². The van der Waals surface area contributed by atoms with Gasteiger partial charge in [-0.1, -0.05) is 0 Å². The van der Waals surface area contributed by atoms with Crippen LogP contribution in [0.1, 0.15) is 27.7 Å². The van der Waals surface area contributed by atoms with Crippen molar-refractivity contribution in [3.8, 4) is 0 Å². The van der Waals surface area contributed by atoms with E-state index >= 15 is 0 Å². The summed E-state index contributed by atoms with van der Waals surface area (Å²) in [5, 5.41) is 0. The van der Waals surface area contributed by atoms with E-state index in [0.717, 1.165) is 5.65 Å². The first-order chi connectivity index (χ1) is 10.8. The highest BCUT2D eigenvalue weighted by Gasteiger charge is 2.26. The van der Waals surface area contributed by atoms with Crippen molar-refractivity contribution in [3.63, 3.8) is 0 Å². The molecule has 0 fully saturated rings. The van der Waals surface area contributed by atoms with E-state index < -0.39 is 17.7 Å². The third kappa shape index (κ3) is 4.45. The summed E-state index contributed by atoms with van der Waals surface area (Å²) in [6.07, 6.45) is 4.52. The Labute approximate surface area is 134 Å². The van der Waals surface area contributed by atoms with Gasteiger partial charge in [-0.05, 0) is 39.8 Å². The van der Waals surface area contributed by atoms with Gasteiger partial charge in [0.15, 0.2) is 0 Å². The van der Waals surface area contributed by atoms with E-state index in [0.29, 0.717) is 5.69 Å². The third-order valence-electron chi connectivity index (χ3n) is 2.89. The van der Waals surface area contributed by atoms with Gasteiger partial charge >= 0.3 is 12.1 Å². The molecule has 2 heterocycles. The standard InChI is InChI=1S/C16H21N3O4/c1-5-22-14(20)11-19(15(21)23-16(2,3)4)12-6-7-13-17-8-9-18(13)10-12/h6-10H,5,11H2,1-4H3. The van der Waals surface area contributed by atoms with Crippen LogP contribution in [0, 0.1) is 0 Å². The third-order valence-corrected chi connectivity index (χ3v) is 2.89. The number of rotatable bonds is 4. The Morgan fingerprint density at radius 2 is 2.04 bits per heavy atom. The molecular weight excluding hydrogens is 298 g/mol. The number of ether oxygens (including phenoxy) is 2. The van der Waals surface area contributed by atoms with Gasteiger partial charge in [0.1, 0.15) is 17.8 Å². The summed E-state index contributed by atoms with van der Waals surface area (Å²) < 4.78 is 12.1. The summed E-state index contributed by atoms with van der Waals surface area (Å²) in [5.74, 6) is -0.496. The van der Waals surface area contributed by atoms with E-state index in [2.05, 4.69) is 4.98 Å². The number of hydrogen-bond donors (Lipinski definition) is 0. The van der Waals surface area contributed by atoms with Gasteiger partial charge in [0.05, 0.1) is 12.3 Å². The molecule has 0 bridgehead atoms. The maximum Gasteiger partial charge on any atom is 0.415 e. The lowest BCUT2D eigenvalue weighted by atomic mass is 10.2. The molecule has 1 amide bonds. The molecule has 124 valence electrons. The summed E-state index contributed by atoms with van der Waals surface area (Å²) in [5.41, 5.74) is 0.607. The van der Waals surface area contributed by atoms with Gasteiger partial charge < -0.3 is 13.9 Å². The molecule has 2 aromatic rings. The highest BCUT2D eigenvalue weighted by molar-refractivity contribution is 5.93. The number of carbonyl (C=O) groups is 2. The van der Waals surface area contributed by atoms with Crippen molar-refractivity contribution in [2.75, 3.05) is 18.1 Å². The van der Waals surface area contributed by atoms with Gasteiger partial charge in [-0.15, -0.1) is 0 Å². The molecule has 0 aliphatic heterocycles. The van der Waals surface area contributed by atoms with Crippen LogP contribution in [0.5, 0.6) is 0 Å². The van der Waals surface area contributed by atoms with Crippen molar-refractivity contribution in [2.45, 2.75) is 33.3 Å². The molecule has 0 saturated heterocycles.